The van der Waals surface area contributed by atoms with Crippen molar-refractivity contribution in [1.29, 1.82) is 0 Å². The number of carbonyl (C=O) groups is 1. The zero-order valence-corrected chi connectivity index (χ0v) is 18.5. The van der Waals surface area contributed by atoms with Gasteiger partial charge in [-0.1, -0.05) is 74.5 Å². The Balaban J connectivity index is 1.49. The van der Waals surface area contributed by atoms with E-state index in [1.807, 2.05) is 0 Å². The predicted molar refractivity (Wildman–Crippen MR) is 124 cm³/mol. The van der Waals surface area contributed by atoms with Crippen molar-refractivity contribution >= 4 is 5.91 Å². The molecule has 3 nitrogen and oxygen atoms in total. The first-order valence-electron chi connectivity index (χ1n) is 11.8. The number of benzene rings is 2. The van der Waals surface area contributed by atoms with Crippen molar-refractivity contribution in [3.8, 4) is 0 Å². The maximum Gasteiger partial charge on any atom is 0.225 e. The highest BCUT2D eigenvalue weighted by Gasteiger charge is 2.41. The second-order valence-corrected chi connectivity index (χ2v) is 9.06. The number of nitrogens with zero attached hydrogens (tertiary/aromatic N) is 2. The fourth-order valence-electron chi connectivity index (χ4n) is 5.55. The minimum absolute atomic E-state index is 0.170. The molecule has 160 valence electrons. The Hall–Kier alpha value is -2.13. The molecule has 0 aromatic heterocycles. The first-order chi connectivity index (χ1) is 14.7. The smallest absolute Gasteiger partial charge is 0.225 e. The number of amides is 1. The Morgan fingerprint density at radius 1 is 0.867 bits per heavy atom. The van der Waals surface area contributed by atoms with Crippen LogP contribution < -0.4 is 0 Å². The van der Waals surface area contributed by atoms with Crippen molar-refractivity contribution in [2.24, 2.45) is 5.92 Å². The zero-order chi connectivity index (χ0) is 20.9. The molecule has 2 aliphatic rings. The van der Waals surface area contributed by atoms with E-state index in [1.54, 1.807) is 0 Å². The van der Waals surface area contributed by atoms with Gasteiger partial charge in [-0.05, 0) is 55.8 Å². The second-order valence-electron chi connectivity index (χ2n) is 9.06. The Kier molecular flexibility index (Phi) is 6.89. The monoisotopic (exact) mass is 404 g/mol. The summed E-state index contributed by atoms with van der Waals surface area (Å²) in [7, 11) is 0. The van der Waals surface area contributed by atoms with Gasteiger partial charge >= 0.3 is 0 Å². The third-order valence-electron chi connectivity index (χ3n) is 7.43. The Morgan fingerprint density at radius 2 is 1.43 bits per heavy atom. The summed E-state index contributed by atoms with van der Waals surface area (Å²) in [5.74, 6) is 1.62. The minimum atomic E-state index is 0.170. The lowest BCUT2D eigenvalue weighted by Crippen LogP contribution is -2.45. The van der Waals surface area contributed by atoms with Crippen LogP contribution in [-0.4, -0.2) is 47.9 Å². The van der Waals surface area contributed by atoms with Crippen LogP contribution in [0, 0.1) is 5.92 Å². The van der Waals surface area contributed by atoms with E-state index in [4.69, 9.17) is 0 Å². The zero-order valence-electron chi connectivity index (χ0n) is 18.5. The van der Waals surface area contributed by atoms with Crippen molar-refractivity contribution in [3.05, 3.63) is 71.8 Å². The number of likely N-dealkylation sites (tertiary alicyclic amines) is 2. The Bertz CT molecular complexity index is 794. The molecule has 0 aliphatic carbocycles. The summed E-state index contributed by atoms with van der Waals surface area (Å²) in [5.41, 5.74) is 2.86. The average molecular weight is 405 g/mol. The molecule has 0 bridgehead atoms. The fourth-order valence-corrected chi connectivity index (χ4v) is 5.55. The van der Waals surface area contributed by atoms with Gasteiger partial charge in [-0.2, -0.15) is 0 Å². The van der Waals surface area contributed by atoms with Gasteiger partial charge in [-0.15, -0.1) is 0 Å². The normalized spacial score (nSPS) is 23.2. The van der Waals surface area contributed by atoms with E-state index in [0.717, 1.165) is 39.0 Å². The summed E-state index contributed by atoms with van der Waals surface area (Å²) in [6.45, 7) is 8.28. The maximum atomic E-state index is 13.2. The molecule has 0 spiro atoms. The van der Waals surface area contributed by atoms with Crippen LogP contribution >= 0.6 is 0 Å². The van der Waals surface area contributed by atoms with Gasteiger partial charge in [0.2, 0.25) is 5.91 Å². The van der Waals surface area contributed by atoms with E-state index in [9.17, 15) is 4.79 Å². The molecule has 0 unspecified atom stereocenters. The lowest BCUT2D eigenvalue weighted by Gasteiger charge is -2.38. The number of carbonyl (C=O) groups excluding carboxylic acids is 1. The van der Waals surface area contributed by atoms with E-state index in [2.05, 4.69) is 84.3 Å². The maximum absolute atomic E-state index is 13.2. The van der Waals surface area contributed by atoms with Crippen molar-refractivity contribution in [1.82, 2.24) is 9.80 Å². The van der Waals surface area contributed by atoms with Crippen LogP contribution in [0.5, 0.6) is 0 Å². The van der Waals surface area contributed by atoms with E-state index in [0.29, 0.717) is 23.8 Å². The first-order valence-corrected chi connectivity index (χ1v) is 11.8. The Labute approximate surface area is 182 Å². The summed E-state index contributed by atoms with van der Waals surface area (Å²) in [5, 5.41) is 0. The van der Waals surface area contributed by atoms with Gasteiger partial charge in [-0.3, -0.25) is 9.69 Å². The molecule has 4 rings (SSSR count). The molecule has 2 heterocycles. The van der Waals surface area contributed by atoms with E-state index >= 15 is 0 Å². The van der Waals surface area contributed by atoms with Gasteiger partial charge in [0.1, 0.15) is 0 Å². The van der Waals surface area contributed by atoms with Crippen LogP contribution in [0.2, 0.25) is 0 Å². The molecule has 2 saturated heterocycles. The Morgan fingerprint density at radius 3 is 2.00 bits per heavy atom. The summed E-state index contributed by atoms with van der Waals surface area (Å²) in [6, 6.07) is 22.3. The number of rotatable bonds is 6. The summed E-state index contributed by atoms with van der Waals surface area (Å²) in [4.78, 5) is 18.0. The SMILES string of the molecule is CCC(CC)C(=O)N1C[C@@H](N2CCC(c3ccccc3)CC2)[C@H](c2ccccc2)C1. The van der Waals surface area contributed by atoms with Crippen LogP contribution in [0.3, 0.4) is 0 Å². The second kappa shape index (κ2) is 9.78. The van der Waals surface area contributed by atoms with Crippen molar-refractivity contribution in [2.75, 3.05) is 26.2 Å². The summed E-state index contributed by atoms with van der Waals surface area (Å²) in [6.07, 6.45) is 4.30. The van der Waals surface area contributed by atoms with Crippen molar-refractivity contribution in [2.45, 2.75) is 57.4 Å². The largest absolute Gasteiger partial charge is 0.340 e. The highest BCUT2D eigenvalue weighted by molar-refractivity contribution is 5.79. The number of hydrogen-bond donors (Lipinski definition) is 0. The topological polar surface area (TPSA) is 23.6 Å². The molecule has 2 atom stereocenters. The van der Waals surface area contributed by atoms with E-state index in [-0.39, 0.29) is 5.92 Å². The van der Waals surface area contributed by atoms with Crippen molar-refractivity contribution < 1.29 is 4.79 Å². The predicted octanol–water partition coefficient (Wildman–Crippen LogP) is 5.30. The molecular formula is C27H36N2O. The average Bonchev–Trinajstić information content (AvgIpc) is 3.27. The van der Waals surface area contributed by atoms with E-state index < -0.39 is 0 Å². The molecule has 2 aromatic carbocycles. The van der Waals surface area contributed by atoms with Gasteiger partial charge < -0.3 is 4.90 Å². The lowest BCUT2D eigenvalue weighted by atomic mass is 9.87. The molecular weight excluding hydrogens is 368 g/mol. The molecule has 2 aromatic rings. The minimum Gasteiger partial charge on any atom is -0.340 e. The molecule has 1 amide bonds. The molecule has 0 N–H and O–H groups in total. The number of hydrogen-bond acceptors (Lipinski definition) is 2. The highest BCUT2D eigenvalue weighted by Crippen LogP contribution is 2.36. The molecule has 2 fully saturated rings. The van der Waals surface area contributed by atoms with E-state index in [1.165, 1.54) is 24.0 Å². The molecule has 2 aliphatic heterocycles. The molecule has 3 heteroatoms. The van der Waals surface area contributed by atoms with Gasteiger partial charge in [0.15, 0.2) is 0 Å². The summed E-state index contributed by atoms with van der Waals surface area (Å²) < 4.78 is 0. The highest BCUT2D eigenvalue weighted by atomic mass is 16.2. The van der Waals surface area contributed by atoms with Gasteiger partial charge in [-0.25, -0.2) is 0 Å². The standard InChI is InChI=1S/C27H36N2O/c1-3-21(4-2)27(30)29-19-25(24-13-9-6-10-14-24)26(20-29)28-17-15-23(16-18-28)22-11-7-5-8-12-22/h5-14,21,23,25-26H,3-4,15-20H2,1-2H3/t25-,26+/m0/s1. The van der Waals surface area contributed by atoms with Crippen LogP contribution in [0.15, 0.2) is 60.7 Å². The van der Waals surface area contributed by atoms with Crippen LogP contribution in [0.1, 0.15) is 62.5 Å². The van der Waals surface area contributed by atoms with Crippen molar-refractivity contribution in [3.63, 3.8) is 0 Å². The van der Waals surface area contributed by atoms with Gasteiger partial charge in [0, 0.05) is 31.0 Å². The summed E-state index contributed by atoms with van der Waals surface area (Å²) >= 11 is 0. The van der Waals surface area contributed by atoms with Crippen LogP contribution in [0.25, 0.3) is 0 Å². The van der Waals surface area contributed by atoms with Gasteiger partial charge in [0.05, 0.1) is 0 Å². The molecule has 30 heavy (non-hydrogen) atoms. The third-order valence-corrected chi connectivity index (χ3v) is 7.43. The molecule has 0 radical (unpaired) electrons. The van der Waals surface area contributed by atoms with Crippen LogP contribution in [0.4, 0.5) is 0 Å². The molecule has 0 saturated carbocycles. The number of piperidine rings is 1. The van der Waals surface area contributed by atoms with Crippen LogP contribution in [-0.2, 0) is 4.79 Å². The van der Waals surface area contributed by atoms with Gasteiger partial charge in [0.25, 0.3) is 0 Å². The first kappa shape index (κ1) is 21.1. The lowest BCUT2D eigenvalue weighted by molar-refractivity contribution is -0.134. The quantitative estimate of drug-likeness (QED) is 0.652. The fraction of sp³-hybridized carbons (Fsp3) is 0.519. The third kappa shape index (κ3) is 4.46.